The van der Waals surface area contributed by atoms with Gasteiger partial charge in [-0.25, -0.2) is 0 Å². The zero-order valence-electron chi connectivity index (χ0n) is 13.4. The lowest BCUT2D eigenvalue weighted by Gasteiger charge is -2.13. The zero-order valence-corrected chi connectivity index (χ0v) is 14.2. The van der Waals surface area contributed by atoms with Crippen molar-refractivity contribution in [3.8, 4) is 11.5 Å². The van der Waals surface area contributed by atoms with Crippen LogP contribution in [0.5, 0.6) is 11.5 Å². The summed E-state index contributed by atoms with van der Waals surface area (Å²) in [6.07, 6.45) is 2.21. The smallest absolute Gasteiger partial charge is 0.251 e. The number of rotatable bonds is 6. The molecule has 0 spiro atoms. The van der Waals surface area contributed by atoms with Crippen LogP contribution in [0.1, 0.15) is 28.8 Å². The normalized spacial score (nSPS) is 16.8. The quantitative estimate of drug-likeness (QED) is 0.840. The highest BCUT2D eigenvalue weighted by molar-refractivity contribution is 5.95. The van der Waals surface area contributed by atoms with Crippen molar-refractivity contribution < 1.29 is 14.3 Å². The highest BCUT2D eigenvalue weighted by atomic mass is 35.5. The summed E-state index contributed by atoms with van der Waals surface area (Å²) < 4.78 is 10.6. The molecule has 1 aromatic rings. The molecule has 0 bridgehead atoms. The van der Waals surface area contributed by atoms with Crippen LogP contribution in [-0.4, -0.2) is 39.8 Å². The van der Waals surface area contributed by atoms with Crippen LogP contribution in [0.2, 0.25) is 0 Å². The molecule has 0 radical (unpaired) electrons. The summed E-state index contributed by atoms with van der Waals surface area (Å²) in [5, 5.41) is 6.30. The van der Waals surface area contributed by atoms with Gasteiger partial charge in [0.2, 0.25) is 0 Å². The van der Waals surface area contributed by atoms with Crippen LogP contribution in [0.15, 0.2) is 12.1 Å². The maximum absolute atomic E-state index is 12.2. The Kier molecular flexibility index (Phi) is 7.48. The number of ether oxygens (including phenoxy) is 2. The maximum Gasteiger partial charge on any atom is 0.251 e. The minimum Gasteiger partial charge on any atom is -0.496 e. The molecule has 124 valence electrons. The van der Waals surface area contributed by atoms with Crippen molar-refractivity contribution in [3.63, 3.8) is 0 Å². The molecular formula is C16H25ClN2O3. The second-order valence-corrected chi connectivity index (χ2v) is 5.41. The third-order valence-corrected chi connectivity index (χ3v) is 4.01. The van der Waals surface area contributed by atoms with Crippen molar-refractivity contribution in [3.05, 3.63) is 23.3 Å². The van der Waals surface area contributed by atoms with E-state index in [1.54, 1.807) is 26.4 Å². The number of hydrogen-bond acceptors (Lipinski definition) is 4. The van der Waals surface area contributed by atoms with Gasteiger partial charge < -0.3 is 20.1 Å². The monoisotopic (exact) mass is 328 g/mol. The van der Waals surface area contributed by atoms with Crippen LogP contribution in [0.3, 0.4) is 0 Å². The lowest BCUT2D eigenvalue weighted by molar-refractivity contribution is 0.0951. The molecule has 1 aliphatic rings. The summed E-state index contributed by atoms with van der Waals surface area (Å²) in [4.78, 5) is 12.2. The highest BCUT2D eigenvalue weighted by Gasteiger charge is 2.16. The maximum atomic E-state index is 12.2. The molecule has 5 nitrogen and oxygen atoms in total. The molecule has 1 unspecified atom stereocenters. The topological polar surface area (TPSA) is 59.6 Å². The minimum absolute atomic E-state index is 0. The first-order valence-electron chi connectivity index (χ1n) is 7.37. The van der Waals surface area contributed by atoms with Crippen molar-refractivity contribution in [1.29, 1.82) is 0 Å². The fourth-order valence-corrected chi connectivity index (χ4v) is 2.67. The predicted molar refractivity (Wildman–Crippen MR) is 89.5 cm³/mol. The molecule has 1 fully saturated rings. The first-order valence-corrected chi connectivity index (χ1v) is 7.37. The van der Waals surface area contributed by atoms with Crippen LogP contribution < -0.4 is 20.1 Å². The average Bonchev–Trinajstić information content (AvgIpc) is 3.00. The number of carbonyl (C=O) groups excluding carboxylic acids is 1. The average molecular weight is 329 g/mol. The molecule has 6 heteroatoms. The Balaban J connectivity index is 0.00000242. The van der Waals surface area contributed by atoms with Gasteiger partial charge in [0, 0.05) is 17.7 Å². The molecule has 1 heterocycles. The predicted octanol–water partition coefficient (Wildman–Crippen LogP) is 2.16. The van der Waals surface area contributed by atoms with Gasteiger partial charge >= 0.3 is 0 Å². The molecule has 1 amide bonds. The van der Waals surface area contributed by atoms with Crippen molar-refractivity contribution in [1.82, 2.24) is 10.6 Å². The second kappa shape index (κ2) is 8.86. The molecule has 1 aliphatic heterocycles. The summed E-state index contributed by atoms with van der Waals surface area (Å²) in [6, 6.07) is 3.51. The number of amides is 1. The molecule has 0 aliphatic carbocycles. The van der Waals surface area contributed by atoms with E-state index in [9.17, 15) is 4.79 Å². The number of hydrogen-bond donors (Lipinski definition) is 2. The number of methoxy groups -OCH3 is 2. The van der Waals surface area contributed by atoms with E-state index in [-0.39, 0.29) is 18.3 Å². The van der Waals surface area contributed by atoms with E-state index in [1.165, 1.54) is 6.42 Å². The SMILES string of the molecule is COc1cc(C(=O)NCCC2CCNC2)cc(OC)c1C.Cl. The van der Waals surface area contributed by atoms with E-state index in [0.717, 1.165) is 25.1 Å². The van der Waals surface area contributed by atoms with Gasteiger partial charge in [-0.2, -0.15) is 0 Å². The molecule has 22 heavy (non-hydrogen) atoms. The molecule has 0 aromatic heterocycles. The number of carbonyl (C=O) groups is 1. The van der Waals surface area contributed by atoms with Gasteiger partial charge in [0.05, 0.1) is 14.2 Å². The molecule has 1 aromatic carbocycles. The van der Waals surface area contributed by atoms with Crippen LogP contribution in [0, 0.1) is 12.8 Å². The van der Waals surface area contributed by atoms with Crippen molar-refractivity contribution >= 4 is 18.3 Å². The summed E-state index contributed by atoms with van der Waals surface area (Å²) in [6.45, 7) is 4.75. The molecule has 2 N–H and O–H groups in total. The Morgan fingerprint density at radius 1 is 1.32 bits per heavy atom. The zero-order chi connectivity index (χ0) is 15.2. The van der Waals surface area contributed by atoms with Gasteiger partial charge in [-0.15, -0.1) is 12.4 Å². The van der Waals surface area contributed by atoms with E-state index in [1.807, 2.05) is 6.92 Å². The number of halogens is 1. The summed E-state index contributed by atoms with van der Waals surface area (Å²) in [7, 11) is 3.19. The second-order valence-electron chi connectivity index (χ2n) is 5.41. The minimum atomic E-state index is -0.0856. The first kappa shape index (κ1) is 18.6. The van der Waals surface area contributed by atoms with Crippen molar-refractivity contribution in [2.45, 2.75) is 19.8 Å². The lowest BCUT2D eigenvalue weighted by atomic mass is 10.0. The molecule has 1 atom stereocenters. The Labute approximate surface area is 138 Å². The van der Waals surface area contributed by atoms with E-state index in [4.69, 9.17) is 9.47 Å². The van der Waals surface area contributed by atoms with Gasteiger partial charge in [0.1, 0.15) is 11.5 Å². The Bertz CT molecular complexity index is 477. The van der Waals surface area contributed by atoms with Gasteiger partial charge in [-0.3, -0.25) is 4.79 Å². The standard InChI is InChI=1S/C16H24N2O3.ClH/c1-11-14(20-2)8-13(9-15(11)21-3)16(19)18-7-5-12-4-6-17-10-12;/h8-9,12,17H,4-7,10H2,1-3H3,(H,18,19);1H. The van der Waals surface area contributed by atoms with E-state index >= 15 is 0 Å². The molecule has 0 saturated carbocycles. The molecule has 1 saturated heterocycles. The third-order valence-electron chi connectivity index (χ3n) is 4.01. The Morgan fingerprint density at radius 3 is 2.45 bits per heavy atom. The van der Waals surface area contributed by atoms with Gasteiger partial charge in [0.25, 0.3) is 5.91 Å². The van der Waals surface area contributed by atoms with E-state index in [0.29, 0.717) is 29.5 Å². The highest BCUT2D eigenvalue weighted by Crippen LogP contribution is 2.29. The van der Waals surface area contributed by atoms with Crippen LogP contribution >= 0.6 is 12.4 Å². The van der Waals surface area contributed by atoms with Crippen molar-refractivity contribution in [2.24, 2.45) is 5.92 Å². The number of nitrogens with one attached hydrogen (secondary N) is 2. The van der Waals surface area contributed by atoms with E-state index < -0.39 is 0 Å². The van der Waals surface area contributed by atoms with Gasteiger partial charge in [-0.05, 0) is 50.9 Å². The van der Waals surface area contributed by atoms with Crippen LogP contribution in [0.4, 0.5) is 0 Å². The van der Waals surface area contributed by atoms with Crippen LogP contribution in [0.25, 0.3) is 0 Å². The molecule has 2 rings (SSSR count). The van der Waals surface area contributed by atoms with Crippen molar-refractivity contribution in [2.75, 3.05) is 33.9 Å². The summed E-state index contributed by atoms with van der Waals surface area (Å²) in [5.74, 6) is 1.92. The fraction of sp³-hybridized carbons (Fsp3) is 0.562. The third kappa shape index (κ3) is 4.52. The first-order chi connectivity index (χ1) is 10.2. The Hall–Kier alpha value is -1.46. The van der Waals surface area contributed by atoms with Gasteiger partial charge in [-0.1, -0.05) is 0 Å². The lowest BCUT2D eigenvalue weighted by Crippen LogP contribution is -2.26. The van der Waals surface area contributed by atoms with E-state index in [2.05, 4.69) is 10.6 Å². The fourth-order valence-electron chi connectivity index (χ4n) is 2.67. The summed E-state index contributed by atoms with van der Waals surface area (Å²) in [5.41, 5.74) is 1.47. The van der Waals surface area contributed by atoms with Crippen LogP contribution in [-0.2, 0) is 0 Å². The largest absolute Gasteiger partial charge is 0.496 e. The Morgan fingerprint density at radius 2 is 1.95 bits per heavy atom. The summed E-state index contributed by atoms with van der Waals surface area (Å²) >= 11 is 0. The molecular weight excluding hydrogens is 304 g/mol. The number of benzene rings is 1. The van der Waals surface area contributed by atoms with Gasteiger partial charge in [0.15, 0.2) is 0 Å².